The zero-order valence-electron chi connectivity index (χ0n) is 5.83. The number of carbonyl (C=O) groups excluding carboxylic acids is 2. The quantitative estimate of drug-likeness (QED) is 0.322. The van der Waals surface area contributed by atoms with Crippen molar-refractivity contribution in [2.24, 2.45) is 5.92 Å². The van der Waals surface area contributed by atoms with Crippen LogP contribution in [-0.4, -0.2) is 25.4 Å². The molecule has 1 aliphatic heterocycles. The average Bonchev–Trinajstić information content (AvgIpc) is 1.89. The molecule has 2 atom stereocenters. The van der Waals surface area contributed by atoms with Gasteiger partial charge in [0, 0.05) is 6.04 Å². The first-order chi connectivity index (χ1) is 4.75. The van der Waals surface area contributed by atoms with Crippen molar-refractivity contribution in [1.82, 2.24) is 5.32 Å². The van der Waals surface area contributed by atoms with Gasteiger partial charge in [0.2, 0.25) is 5.91 Å². The number of carbonyl (C=O) groups is 2. The molecule has 4 heteroatoms. The lowest BCUT2D eigenvalue weighted by atomic mass is 9.67. The van der Waals surface area contributed by atoms with E-state index in [9.17, 15) is 9.59 Å². The van der Waals surface area contributed by atoms with Crippen LogP contribution in [0.3, 0.4) is 0 Å². The van der Waals surface area contributed by atoms with E-state index in [0.717, 1.165) is 6.19 Å². The molecule has 1 radical (unpaired) electrons. The summed E-state index contributed by atoms with van der Waals surface area (Å²) in [4.78, 5) is 20.6. The van der Waals surface area contributed by atoms with E-state index in [4.69, 9.17) is 0 Å². The Kier molecular flexibility index (Phi) is 2.09. The molecule has 53 valence electrons. The zero-order chi connectivity index (χ0) is 7.56. The third kappa shape index (κ3) is 1.20. The number of hydrogen-bond donors (Lipinski definition) is 1. The molecule has 1 N–H and O–H groups in total. The molecule has 0 aromatic rings. The summed E-state index contributed by atoms with van der Waals surface area (Å²) in [5, 5.41) is 2.69. The Balaban J connectivity index is 2.26. The molecule has 1 aliphatic rings. The van der Waals surface area contributed by atoms with Gasteiger partial charge in [-0.1, -0.05) is 6.32 Å². The summed E-state index contributed by atoms with van der Waals surface area (Å²) < 4.78 is 0. The molecule has 0 saturated carbocycles. The molecule has 1 rings (SSSR count). The van der Waals surface area contributed by atoms with Crippen LogP contribution < -0.4 is 5.32 Å². The van der Waals surface area contributed by atoms with Gasteiger partial charge in [-0.25, -0.2) is 0 Å². The summed E-state index contributed by atoms with van der Waals surface area (Å²) in [7, 11) is 1.49. The molecule has 1 fully saturated rings. The van der Waals surface area contributed by atoms with E-state index in [1.54, 1.807) is 0 Å². The fourth-order valence-electron chi connectivity index (χ4n) is 1.08. The first-order valence-electron chi connectivity index (χ1n) is 3.33. The second-order valence-corrected chi connectivity index (χ2v) is 2.51. The van der Waals surface area contributed by atoms with Gasteiger partial charge in [0.25, 0.3) is 0 Å². The highest BCUT2D eigenvalue weighted by molar-refractivity contribution is 6.66. The Morgan fingerprint density at radius 3 is 2.90 bits per heavy atom. The predicted octanol–water partition coefficient (Wildman–Crippen LogP) is -0.566. The summed E-state index contributed by atoms with van der Waals surface area (Å²) in [6, 6.07) is 0.240. The van der Waals surface area contributed by atoms with Crippen molar-refractivity contribution in [2.75, 3.05) is 0 Å². The first-order valence-corrected chi connectivity index (χ1v) is 3.33. The van der Waals surface area contributed by atoms with Crippen molar-refractivity contribution in [3.8, 4) is 0 Å². The SMILES string of the molecule is C[C@@H]1NC(=O)[C@H]1C[B]C=O. The van der Waals surface area contributed by atoms with E-state index in [2.05, 4.69) is 5.32 Å². The van der Waals surface area contributed by atoms with Crippen LogP contribution in [0.1, 0.15) is 6.92 Å². The van der Waals surface area contributed by atoms with Gasteiger partial charge in [-0.3, -0.25) is 4.79 Å². The van der Waals surface area contributed by atoms with E-state index in [1.807, 2.05) is 6.92 Å². The van der Waals surface area contributed by atoms with Gasteiger partial charge in [-0.15, -0.1) is 0 Å². The first kappa shape index (κ1) is 7.31. The lowest BCUT2D eigenvalue weighted by molar-refractivity contribution is -0.133. The third-order valence-corrected chi connectivity index (χ3v) is 1.80. The summed E-state index contributed by atoms with van der Waals surface area (Å²) >= 11 is 0. The van der Waals surface area contributed by atoms with E-state index in [0.29, 0.717) is 6.32 Å². The molecule has 1 amide bonds. The number of rotatable bonds is 3. The Morgan fingerprint density at radius 2 is 2.50 bits per heavy atom. The van der Waals surface area contributed by atoms with Crippen molar-refractivity contribution in [3.05, 3.63) is 0 Å². The van der Waals surface area contributed by atoms with E-state index < -0.39 is 0 Å². The fraction of sp³-hybridized carbons (Fsp3) is 0.667. The standard InChI is InChI=1S/C6H9BNO2/c1-4-5(2-7-3-9)6(10)8-4/h3-5H,2H2,1H3,(H,8,10)/t4-,5-/m0/s1. The normalized spacial score (nSPS) is 30.3. The molecule has 10 heavy (non-hydrogen) atoms. The van der Waals surface area contributed by atoms with E-state index in [1.165, 1.54) is 7.28 Å². The summed E-state index contributed by atoms with van der Waals surface area (Å²) in [5.74, 6) is 0.0933. The van der Waals surface area contributed by atoms with Crippen LogP contribution in [0.4, 0.5) is 0 Å². The molecule has 0 aromatic carbocycles. The molecule has 0 unspecified atom stereocenters. The molecular formula is C6H9BNO2. The number of nitrogens with one attached hydrogen (secondary N) is 1. The minimum absolute atomic E-state index is 0.0326. The van der Waals surface area contributed by atoms with Crippen LogP contribution in [0.5, 0.6) is 0 Å². The van der Waals surface area contributed by atoms with Crippen molar-refractivity contribution < 1.29 is 9.59 Å². The largest absolute Gasteiger partial charge is 0.353 e. The summed E-state index contributed by atoms with van der Waals surface area (Å²) in [5.41, 5.74) is 0. The average molecular weight is 138 g/mol. The number of hydrogen-bond acceptors (Lipinski definition) is 2. The molecular weight excluding hydrogens is 129 g/mol. The maximum atomic E-state index is 10.7. The second kappa shape index (κ2) is 2.86. The van der Waals surface area contributed by atoms with Gasteiger partial charge < -0.3 is 10.1 Å². The van der Waals surface area contributed by atoms with Crippen molar-refractivity contribution >= 4 is 19.4 Å². The minimum Gasteiger partial charge on any atom is -0.353 e. The molecule has 0 bridgehead atoms. The van der Waals surface area contributed by atoms with Crippen molar-refractivity contribution in [2.45, 2.75) is 19.3 Å². The monoisotopic (exact) mass is 138 g/mol. The highest BCUT2D eigenvalue weighted by atomic mass is 16.2. The van der Waals surface area contributed by atoms with Crippen LogP contribution in [0.15, 0.2) is 0 Å². The Morgan fingerprint density at radius 1 is 1.80 bits per heavy atom. The third-order valence-electron chi connectivity index (χ3n) is 1.80. The molecule has 3 nitrogen and oxygen atoms in total. The van der Waals surface area contributed by atoms with Gasteiger partial charge in [-0.2, -0.15) is 0 Å². The second-order valence-electron chi connectivity index (χ2n) is 2.51. The molecule has 0 spiro atoms. The highest BCUT2D eigenvalue weighted by Gasteiger charge is 2.34. The van der Waals surface area contributed by atoms with Crippen molar-refractivity contribution in [3.63, 3.8) is 0 Å². The number of β-lactam (4-membered cyclic amide) rings is 1. The van der Waals surface area contributed by atoms with E-state index >= 15 is 0 Å². The summed E-state index contributed by atoms with van der Waals surface area (Å²) in [6.45, 7) is 1.94. The van der Waals surface area contributed by atoms with Crippen LogP contribution in [0.2, 0.25) is 6.32 Å². The molecule has 0 aromatic heterocycles. The van der Waals surface area contributed by atoms with Gasteiger partial charge in [0.05, 0.1) is 12.1 Å². The predicted molar refractivity (Wildman–Crippen MR) is 38.4 cm³/mol. The highest BCUT2D eigenvalue weighted by Crippen LogP contribution is 2.17. The maximum Gasteiger partial charge on any atom is 0.224 e. The van der Waals surface area contributed by atoms with E-state index in [-0.39, 0.29) is 17.9 Å². The van der Waals surface area contributed by atoms with Crippen LogP contribution in [0, 0.1) is 5.92 Å². The lowest BCUT2D eigenvalue weighted by Crippen LogP contribution is -2.56. The fourth-order valence-corrected chi connectivity index (χ4v) is 1.08. The van der Waals surface area contributed by atoms with Crippen LogP contribution in [0.25, 0.3) is 0 Å². The van der Waals surface area contributed by atoms with Gasteiger partial charge in [-0.05, 0) is 6.92 Å². The van der Waals surface area contributed by atoms with Gasteiger partial charge in [0.1, 0.15) is 0 Å². The summed E-state index contributed by atoms with van der Waals surface area (Å²) in [6.07, 6.45) is 1.31. The van der Waals surface area contributed by atoms with Gasteiger partial charge >= 0.3 is 0 Å². The van der Waals surface area contributed by atoms with Crippen LogP contribution >= 0.6 is 0 Å². The maximum absolute atomic E-state index is 10.7. The number of amides is 1. The smallest absolute Gasteiger partial charge is 0.224 e. The van der Waals surface area contributed by atoms with Crippen LogP contribution in [-0.2, 0) is 9.59 Å². The Bertz CT molecular complexity index is 160. The van der Waals surface area contributed by atoms with Gasteiger partial charge in [0.15, 0.2) is 7.28 Å². The zero-order valence-corrected chi connectivity index (χ0v) is 5.83. The molecule has 1 heterocycles. The Labute approximate surface area is 60.4 Å². The Hall–Kier alpha value is -0.795. The lowest BCUT2D eigenvalue weighted by Gasteiger charge is -2.33. The topological polar surface area (TPSA) is 46.2 Å². The van der Waals surface area contributed by atoms with Crippen molar-refractivity contribution in [1.29, 1.82) is 0 Å². The molecule has 0 aliphatic carbocycles. The molecule has 1 saturated heterocycles. The minimum atomic E-state index is 0.0326.